The minimum absolute atomic E-state index is 0.0369. The molecule has 0 radical (unpaired) electrons. The molecule has 0 N–H and O–H groups in total. The SMILES string of the molecule is CCC(=O)[C@@H](C)Sc1ncnc2ccsc12. The summed E-state index contributed by atoms with van der Waals surface area (Å²) in [5.74, 6) is 0.258. The van der Waals surface area contributed by atoms with Gasteiger partial charge in [-0.2, -0.15) is 0 Å². The van der Waals surface area contributed by atoms with Crippen molar-refractivity contribution in [3.8, 4) is 0 Å². The number of thiophene rings is 1. The number of fused-ring (bicyclic) bond motifs is 1. The number of carbonyl (C=O) groups excluding carboxylic acids is 1. The highest BCUT2D eigenvalue weighted by Gasteiger charge is 2.15. The highest BCUT2D eigenvalue weighted by molar-refractivity contribution is 8.00. The number of thioether (sulfide) groups is 1. The Morgan fingerprint density at radius 1 is 1.56 bits per heavy atom. The van der Waals surface area contributed by atoms with Crippen molar-refractivity contribution in [2.24, 2.45) is 0 Å². The molecule has 16 heavy (non-hydrogen) atoms. The number of ketones is 1. The van der Waals surface area contributed by atoms with E-state index in [1.54, 1.807) is 17.7 Å². The minimum atomic E-state index is -0.0369. The molecule has 0 spiro atoms. The van der Waals surface area contributed by atoms with E-state index < -0.39 is 0 Å². The minimum Gasteiger partial charge on any atom is -0.298 e. The lowest BCUT2D eigenvalue weighted by molar-refractivity contribution is -0.117. The number of carbonyl (C=O) groups is 1. The Labute approximate surface area is 102 Å². The maximum absolute atomic E-state index is 11.5. The van der Waals surface area contributed by atoms with Crippen molar-refractivity contribution in [3.63, 3.8) is 0 Å². The predicted molar refractivity (Wildman–Crippen MR) is 68.0 cm³/mol. The molecule has 2 heterocycles. The Bertz CT molecular complexity index is 509. The van der Waals surface area contributed by atoms with E-state index in [0.717, 1.165) is 15.2 Å². The van der Waals surface area contributed by atoms with Gasteiger partial charge in [-0.1, -0.05) is 18.7 Å². The Morgan fingerprint density at radius 3 is 3.12 bits per heavy atom. The molecule has 0 bridgehead atoms. The average molecular weight is 252 g/mol. The molecule has 0 unspecified atom stereocenters. The second-order valence-corrected chi connectivity index (χ2v) is 5.64. The third-order valence-electron chi connectivity index (χ3n) is 2.30. The van der Waals surface area contributed by atoms with Crippen LogP contribution in [-0.2, 0) is 4.79 Å². The van der Waals surface area contributed by atoms with Crippen LogP contribution < -0.4 is 0 Å². The van der Waals surface area contributed by atoms with E-state index in [0.29, 0.717) is 6.42 Å². The van der Waals surface area contributed by atoms with E-state index in [2.05, 4.69) is 9.97 Å². The van der Waals surface area contributed by atoms with Gasteiger partial charge in [-0.25, -0.2) is 9.97 Å². The maximum atomic E-state index is 11.5. The van der Waals surface area contributed by atoms with Crippen LogP contribution in [0.3, 0.4) is 0 Å². The topological polar surface area (TPSA) is 42.9 Å². The molecule has 0 aromatic carbocycles. The number of hydrogen-bond donors (Lipinski definition) is 0. The third-order valence-corrected chi connectivity index (χ3v) is 4.49. The summed E-state index contributed by atoms with van der Waals surface area (Å²) in [6, 6.07) is 1.97. The molecule has 1 atom stereocenters. The Hall–Kier alpha value is -0.940. The second kappa shape index (κ2) is 4.93. The van der Waals surface area contributed by atoms with Gasteiger partial charge in [-0.05, 0) is 18.4 Å². The van der Waals surface area contributed by atoms with Gasteiger partial charge >= 0.3 is 0 Å². The molecule has 3 nitrogen and oxygen atoms in total. The Balaban J connectivity index is 2.27. The Morgan fingerprint density at radius 2 is 2.38 bits per heavy atom. The van der Waals surface area contributed by atoms with Gasteiger partial charge in [0.2, 0.25) is 0 Å². The predicted octanol–water partition coefficient (Wildman–Crippen LogP) is 3.15. The van der Waals surface area contributed by atoms with Crippen LogP contribution in [0.4, 0.5) is 0 Å². The van der Waals surface area contributed by atoms with Gasteiger partial charge in [0.15, 0.2) is 0 Å². The lowest BCUT2D eigenvalue weighted by Crippen LogP contribution is -2.11. The van der Waals surface area contributed by atoms with Gasteiger partial charge in [0.1, 0.15) is 17.1 Å². The molecule has 0 saturated carbocycles. The molecule has 0 aliphatic carbocycles. The summed E-state index contributed by atoms with van der Waals surface area (Å²) in [7, 11) is 0. The summed E-state index contributed by atoms with van der Waals surface area (Å²) < 4.78 is 1.07. The third kappa shape index (κ3) is 2.25. The van der Waals surface area contributed by atoms with Crippen molar-refractivity contribution in [1.29, 1.82) is 0 Å². The molecule has 5 heteroatoms. The standard InChI is InChI=1S/C11H12N2OS2/c1-3-9(14)7(2)16-11-10-8(4-5-15-10)12-6-13-11/h4-7H,3H2,1-2H3/t7-/m1/s1. The van der Waals surface area contributed by atoms with Gasteiger partial charge in [-0.3, -0.25) is 4.79 Å². The van der Waals surface area contributed by atoms with Crippen LogP contribution in [-0.4, -0.2) is 21.0 Å². The number of hydrogen-bond acceptors (Lipinski definition) is 5. The maximum Gasteiger partial charge on any atom is 0.145 e. The lowest BCUT2D eigenvalue weighted by Gasteiger charge is -2.08. The van der Waals surface area contributed by atoms with Crippen molar-refractivity contribution in [2.75, 3.05) is 0 Å². The first-order chi connectivity index (χ1) is 7.72. The molecule has 0 amide bonds. The quantitative estimate of drug-likeness (QED) is 0.619. The lowest BCUT2D eigenvalue weighted by atomic mass is 10.2. The summed E-state index contributed by atoms with van der Waals surface area (Å²) >= 11 is 3.14. The van der Waals surface area contributed by atoms with Crippen molar-refractivity contribution < 1.29 is 4.79 Å². The molecule has 2 aromatic rings. The zero-order valence-corrected chi connectivity index (χ0v) is 10.8. The first-order valence-electron chi connectivity index (χ1n) is 5.10. The van der Waals surface area contributed by atoms with Crippen molar-refractivity contribution in [2.45, 2.75) is 30.5 Å². The van der Waals surface area contributed by atoms with Crippen LogP contribution in [0, 0.1) is 0 Å². The zero-order chi connectivity index (χ0) is 11.5. The van der Waals surface area contributed by atoms with E-state index in [1.165, 1.54) is 11.8 Å². The Kier molecular flexibility index (Phi) is 3.56. The van der Waals surface area contributed by atoms with E-state index in [4.69, 9.17) is 0 Å². The van der Waals surface area contributed by atoms with Crippen molar-refractivity contribution in [3.05, 3.63) is 17.8 Å². The summed E-state index contributed by atoms with van der Waals surface area (Å²) in [4.78, 5) is 20.0. The van der Waals surface area contributed by atoms with Gasteiger partial charge in [0, 0.05) is 6.42 Å². The van der Waals surface area contributed by atoms with E-state index >= 15 is 0 Å². The van der Waals surface area contributed by atoms with Crippen LogP contribution in [0.25, 0.3) is 10.2 Å². The van der Waals surface area contributed by atoms with Gasteiger partial charge in [0.25, 0.3) is 0 Å². The summed E-state index contributed by atoms with van der Waals surface area (Å²) in [5, 5.41) is 2.87. The number of nitrogens with zero attached hydrogens (tertiary/aromatic N) is 2. The van der Waals surface area contributed by atoms with E-state index in [9.17, 15) is 4.79 Å². The van der Waals surface area contributed by atoms with Gasteiger partial charge in [0.05, 0.1) is 15.5 Å². The molecule has 84 valence electrons. The number of rotatable bonds is 4. The van der Waals surface area contributed by atoms with Gasteiger partial charge in [-0.15, -0.1) is 11.3 Å². The van der Waals surface area contributed by atoms with Crippen molar-refractivity contribution >= 4 is 39.1 Å². The van der Waals surface area contributed by atoms with Gasteiger partial charge < -0.3 is 0 Å². The molecule has 0 aliphatic heterocycles. The van der Waals surface area contributed by atoms with E-state index in [1.807, 2.05) is 25.3 Å². The molecular weight excluding hydrogens is 240 g/mol. The molecule has 0 aliphatic rings. The highest BCUT2D eigenvalue weighted by Crippen LogP contribution is 2.31. The first-order valence-corrected chi connectivity index (χ1v) is 6.86. The monoisotopic (exact) mass is 252 g/mol. The van der Waals surface area contributed by atoms with Crippen LogP contribution in [0.15, 0.2) is 22.8 Å². The normalized spacial score (nSPS) is 12.9. The first kappa shape index (κ1) is 11.5. The van der Waals surface area contributed by atoms with Crippen molar-refractivity contribution in [1.82, 2.24) is 9.97 Å². The van der Waals surface area contributed by atoms with Crippen LogP contribution in [0.2, 0.25) is 0 Å². The zero-order valence-electron chi connectivity index (χ0n) is 9.14. The fourth-order valence-electron chi connectivity index (χ4n) is 1.37. The molecule has 0 fully saturated rings. The summed E-state index contributed by atoms with van der Waals surface area (Å²) in [5.41, 5.74) is 0.957. The average Bonchev–Trinajstić information content (AvgIpc) is 2.77. The van der Waals surface area contributed by atoms with E-state index in [-0.39, 0.29) is 11.0 Å². The fraction of sp³-hybridized carbons (Fsp3) is 0.364. The molecule has 0 saturated heterocycles. The summed E-state index contributed by atoms with van der Waals surface area (Å²) in [6.45, 7) is 3.82. The molecule has 2 aromatic heterocycles. The van der Waals surface area contributed by atoms with Crippen LogP contribution in [0.1, 0.15) is 20.3 Å². The number of Topliss-reactive ketones (excluding diaryl/α,β-unsaturated/α-hetero) is 1. The second-order valence-electron chi connectivity index (χ2n) is 3.39. The van der Waals surface area contributed by atoms with Crippen LogP contribution >= 0.6 is 23.1 Å². The largest absolute Gasteiger partial charge is 0.298 e. The highest BCUT2D eigenvalue weighted by atomic mass is 32.2. The molecule has 2 rings (SSSR count). The smallest absolute Gasteiger partial charge is 0.145 e. The summed E-state index contributed by atoms with van der Waals surface area (Å²) in [6.07, 6.45) is 2.13. The van der Waals surface area contributed by atoms with Crippen LogP contribution in [0.5, 0.6) is 0 Å². The number of aromatic nitrogens is 2. The molecular formula is C11H12N2OS2. The fourth-order valence-corrected chi connectivity index (χ4v) is 3.34.